The van der Waals surface area contributed by atoms with E-state index in [2.05, 4.69) is 0 Å². The van der Waals surface area contributed by atoms with E-state index in [0.717, 1.165) is 47.4 Å². The van der Waals surface area contributed by atoms with E-state index in [1.165, 1.54) is 0 Å². The number of hydrogen-bond donors (Lipinski definition) is 0. The molecule has 4 aromatic rings. The van der Waals surface area contributed by atoms with Gasteiger partial charge in [0.2, 0.25) is 5.91 Å². The lowest BCUT2D eigenvalue weighted by Gasteiger charge is -2.33. The van der Waals surface area contributed by atoms with Gasteiger partial charge in [0.15, 0.2) is 0 Å². The molecule has 0 fully saturated rings. The highest BCUT2D eigenvalue weighted by Gasteiger charge is 2.30. The fourth-order valence-electron chi connectivity index (χ4n) is 4.23. The highest BCUT2D eigenvalue weighted by molar-refractivity contribution is 7.87. The number of amides is 1. The molecule has 0 aliphatic heterocycles. The van der Waals surface area contributed by atoms with Crippen LogP contribution in [0.1, 0.15) is 42.9 Å². The Hall–Kier alpha value is -3.97. The molecule has 0 saturated heterocycles. The van der Waals surface area contributed by atoms with Crippen LogP contribution >= 0.6 is 0 Å². The molecule has 0 bridgehead atoms. The first-order valence-electron chi connectivity index (χ1n) is 12.5. The Morgan fingerprint density at radius 1 is 0.816 bits per heavy atom. The first-order valence-corrected chi connectivity index (χ1v) is 13.9. The van der Waals surface area contributed by atoms with Crippen molar-refractivity contribution >= 4 is 16.0 Å². The lowest BCUT2D eigenvalue weighted by Crippen LogP contribution is -2.41. The second-order valence-corrected chi connectivity index (χ2v) is 10.7. The van der Waals surface area contributed by atoms with Gasteiger partial charge in [0.1, 0.15) is 16.5 Å². The zero-order valence-corrected chi connectivity index (χ0v) is 22.1. The Kier molecular flexibility index (Phi) is 8.59. The molecule has 7 heteroatoms. The quantitative estimate of drug-likeness (QED) is 0.218. The summed E-state index contributed by atoms with van der Waals surface area (Å²) in [4.78, 5) is 15.8. The van der Waals surface area contributed by atoms with Gasteiger partial charge >= 0.3 is 10.1 Å². The second-order valence-electron chi connectivity index (χ2n) is 9.11. The van der Waals surface area contributed by atoms with Gasteiger partial charge in [-0.05, 0) is 66.4 Å². The standard InChI is InChI=1S/C31H30FNO4S/c1-3-23(2)33(31(34)30(25-10-6-4-7-11-25)26-12-8-5-9-13-26)22-24-14-18-28(19-15-24)37-38(35,36)29-20-16-27(32)17-21-29/h4-21,23,30H,3,22H2,1-2H3. The molecule has 1 amide bonds. The number of benzene rings is 4. The molecule has 0 aliphatic rings. The van der Waals surface area contributed by atoms with Crippen LogP contribution in [0.3, 0.4) is 0 Å². The van der Waals surface area contributed by atoms with Gasteiger partial charge in [0.25, 0.3) is 0 Å². The fraction of sp³-hybridized carbons (Fsp3) is 0.194. The maximum Gasteiger partial charge on any atom is 0.339 e. The van der Waals surface area contributed by atoms with Crippen LogP contribution in [0.25, 0.3) is 0 Å². The first-order chi connectivity index (χ1) is 18.3. The Balaban J connectivity index is 1.57. The monoisotopic (exact) mass is 531 g/mol. The second kappa shape index (κ2) is 12.0. The van der Waals surface area contributed by atoms with Gasteiger partial charge in [-0.25, -0.2) is 4.39 Å². The summed E-state index contributed by atoms with van der Waals surface area (Å²) in [6, 6.07) is 30.5. The van der Waals surface area contributed by atoms with Crippen molar-refractivity contribution in [1.29, 1.82) is 0 Å². The SMILES string of the molecule is CCC(C)N(Cc1ccc(OS(=O)(=O)c2ccc(F)cc2)cc1)C(=O)C(c1ccccc1)c1ccccc1. The highest BCUT2D eigenvalue weighted by Crippen LogP contribution is 2.29. The first kappa shape index (κ1) is 27.1. The summed E-state index contributed by atoms with van der Waals surface area (Å²) in [5.74, 6) is -0.854. The fourth-order valence-corrected chi connectivity index (χ4v) is 5.16. The minimum atomic E-state index is -4.10. The zero-order valence-electron chi connectivity index (χ0n) is 21.3. The molecule has 1 atom stereocenters. The zero-order chi connectivity index (χ0) is 27.1. The normalized spacial score (nSPS) is 12.2. The number of hydrogen-bond acceptors (Lipinski definition) is 4. The average Bonchev–Trinajstić information content (AvgIpc) is 2.93. The molecule has 5 nitrogen and oxygen atoms in total. The molecular weight excluding hydrogens is 501 g/mol. The Labute approximate surface area is 223 Å². The molecule has 0 radical (unpaired) electrons. The van der Waals surface area contributed by atoms with Crippen LogP contribution in [0.15, 0.2) is 114 Å². The van der Waals surface area contributed by atoms with Gasteiger partial charge in [-0.1, -0.05) is 79.7 Å². The summed E-state index contributed by atoms with van der Waals surface area (Å²) in [5, 5.41) is 0. The van der Waals surface area contributed by atoms with E-state index in [9.17, 15) is 17.6 Å². The highest BCUT2D eigenvalue weighted by atomic mass is 32.2. The Morgan fingerprint density at radius 3 is 1.84 bits per heavy atom. The Morgan fingerprint density at radius 2 is 1.34 bits per heavy atom. The van der Waals surface area contributed by atoms with Crippen molar-refractivity contribution in [2.75, 3.05) is 0 Å². The minimum absolute atomic E-state index is 0.00374. The molecule has 0 aromatic heterocycles. The molecule has 0 aliphatic carbocycles. The van der Waals surface area contributed by atoms with Gasteiger partial charge < -0.3 is 9.08 Å². The summed E-state index contributed by atoms with van der Waals surface area (Å²) >= 11 is 0. The van der Waals surface area contributed by atoms with Crippen LogP contribution in [-0.4, -0.2) is 25.3 Å². The predicted octanol–water partition coefficient (Wildman–Crippen LogP) is 6.55. The van der Waals surface area contributed by atoms with Crippen molar-refractivity contribution in [2.24, 2.45) is 0 Å². The number of carbonyl (C=O) groups excluding carboxylic acids is 1. The maximum absolute atomic E-state index is 14.1. The number of halogens is 1. The lowest BCUT2D eigenvalue weighted by molar-refractivity contribution is -0.134. The third-order valence-electron chi connectivity index (χ3n) is 6.50. The lowest BCUT2D eigenvalue weighted by atomic mass is 9.89. The van der Waals surface area contributed by atoms with Crippen molar-refractivity contribution in [3.05, 3.63) is 132 Å². The number of nitrogens with zero attached hydrogens (tertiary/aromatic N) is 1. The largest absolute Gasteiger partial charge is 0.379 e. The molecule has 196 valence electrons. The van der Waals surface area contributed by atoms with E-state index in [1.807, 2.05) is 79.4 Å². The van der Waals surface area contributed by atoms with Crippen molar-refractivity contribution in [3.8, 4) is 5.75 Å². The summed E-state index contributed by atoms with van der Waals surface area (Å²) < 4.78 is 43.5. The summed E-state index contributed by atoms with van der Waals surface area (Å²) in [6.07, 6.45) is 0.777. The number of rotatable bonds is 10. The predicted molar refractivity (Wildman–Crippen MR) is 146 cm³/mol. The topological polar surface area (TPSA) is 63.7 Å². The molecule has 38 heavy (non-hydrogen) atoms. The van der Waals surface area contributed by atoms with Crippen LogP contribution in [-0.2, 0) is 21.5 Å². The number of carbonyl (C=O) groups is 1. The molecule has 0 N–H and O–H groups in total. The van der Waals surface area contributed by atoms with Gasteiger partial charge in [-0.3, -0.25) is 4.79 Å². The summed E-state index contributed by atoms with van der Waals surface area (Å²) in [7, 11) is -4.10. The average molecular weight is 532 g/mol. The molecule has 4 rings (SSSR count). The van der Waals surface area contributed by atoms with Crippen LogP contribution in [0.5, 0.6) is 5.75 Å². The van der Waals surface area contributed by atoms with Crippen LogP contribution in [0.2, 0.25) is 0 Å². The third-order valence-corrected chi connectivity index (χ3v) is 7.76. The van der Waals surface area contributed by atoms with E-state index >= 15 is 0 Å². The Bertz CT molecular complexity index is 1400. The molecular formula is C31H30FNO4S. The summed E-state index contributed by atoms with van der Waals surface area (Å²) in [6.45, 7) is 4.43. The van der Waals surface area contributed by atoms with E-state index in [4.69, 9.17) is 4.18 Å². The van der Waals surface area contributed by atoms with Crippen LogP contribution in [0, 0.1) is 5.82 Å². The van der Waals surface area contributed by atoms with Crippen molar-refractivity contribution in [1.82, 2.24) is 4.90 Å². The van der Waals surface area contributed by atoms with Crippen molar-refractivity contribution in [3.63, 3.8) is 0 Å². The summed E-state index contributed by atoms with van der Waals surface area (Å²) in [5.41, 5.74) is 2.68. The van der Waals surface area contributed by atoms with Crippen molar-refractivity contribution < 1.29 is 21.8 Å². The molecule has 4 aromatic carbocycles. The molecule has 1 unspecified atom stereocenters. The molecule has 0 spiro atoms. The molecule has 0 saturated carbocycles. The molecule has 0 heterocycles. The maximum atomic E-state index is 14.1. The third kappa shape index (κ3) is 6.47. The van der Waals surface area contributed by atoms with Crippen LogP contribution in [0.4, 0.5) is 4.39 Å². The van der Waals surface area contributed by atoms with E-state index in [-0.39, 0.29) is 22.6 Å². The van der Waals surface area contributed by atoms with Gasteiger partial charge in [0.05, 0.1) is 5.92 Å². The minimum Gasteiger partial charge on any atom is -0.379 e. The van der Waals surface area contributed by atoms with E-state index in [1.54, 1.807) is 24.3 Å². The van der Waals surface area contributed by atoms with Gasteiger partial charge in [-0.15, -0.1) is 0 Å². The van der Waals surface area contributed by atoms with Gasteiger partial charge in [-0.2, -0.15) is 8.42 Å². The van der Waals surface area contributed by atoms with E-state index in [0.29, 0.717) is 6.54 Å². The van der Waals surface area contributed by atoms with E-state index < -0.39 is 21.9 Å². The van der Waals surface area contributed by atoms with Crippen LogP contribution < -0.4 is 4.18 Å². The smallest absolute Gasteiger partial charge is 0.339 e. The van der Waals surface area contributed by atoms with Crippen molar-refractivity contribution in [2.45, 2.75) is 43.7 Å². The van der Waals surface area contributed by atoms with Gasteiger partial charge in [0, 0.05) is 12.6 Å².